The average Bonchev–Trinajstić information content (AvgIpc) is 2.45. The van der Waals surface area contributed by atoms with Crippen molar-refractivity contribution in [2.45, 2.75) is 6.92 Å². The van der Waals surface area contributed by atoms with Crippen LogP contribution < -0.4 is 0 Å². The molecular formula is C18H18N2O. The first-order valence-corrected chi connectivity index (χ1v) is 6.72. The molecule has 0 radical (unpaired) electrons. The lowest BCUT2D eigenvalue weighted by atomic mass is 10.1. The quantitative estimate of drug-likeness (QED) is 0.788. The van der Waals surface area contributed by atoms with Crippen LogP contribution in [0.3, 0.4) is 0 Å². The maximum absolute atomic E-state index is 8.82. The third kappa shape index (κ3) is 3.87. The SMILES string of the molecule is CC1=CC(=CC#N)C=C(C(=Cc2ccccc2)N(C)C)O1. The summed E-state index contributed by atoms with van der Waals surface area (Å²) >= 11 is 0. The van der Waals surface area contributed by atoms with Gasteiger partial charge in [0.25, 0.3) is 0 Å². The molecule has 0 saturated carbocycles. The molecule has 1 aliphatic heterocycles. The molecule has 0 aromatic heterocycles. The van der Waals surface area contributed by atoms with E-state index in [1.807, 2.05) is 68.4 Å². The number of allylic oxidation sites excluding steroid dienone is 5. The van der Waals surface area contributed by atoms with Gasteiger partial charge in [-0.15, -0.1) is 0 Å². The second kappa shape index (κ2) is 6.62. The highest BCUT2D eigenvalue weighted by Gasteiger charge is 2.14. The van der Waals surface area contributed by atoms with Crippen LogP contribution in [-0.4, -0.2) is 19.0 Å². The normalized spacial score (nSPS) is 16.7. The Morgan fingerprint density at radius 2 is 1.90 bits per heavy atom. The van der Waals surface area contributed by atoms with Crippen LogP contribution in [0, 0.1) is 11.3 Å². The van der Waals surface area contributed by atoms with E-state index in [1.54, 1.807) is 0 Å². The molecule has 21 heavy (non-hydrogen) atoms. The lowest BCUT2D eigenvalue weighted by Crippen LogP contribution is -2.15. The zero-order valence-electron chi connectivity index (χ0n) is 12.5. The predicted octanol–water partition coefficient (Wildman–Crippen LogP) is 3.86. The molecule has 1 aromatic rings. The van der Waals surface area contributed by atoms with E-state index >= 15 is 0 Å². The summed E-state index contributed by atoms with van der Waals surface area (Å²) in [6.45, 7) is 1.88. The summed E-state index contributed by atoms with van der Waals surface area (Å²) in [5.74, 6) is 1.51. The van der Waals surface area contributed by atoms with Crippen molar-refractivity contribution in [3.05, 3.63) is 76.9 Å². The summed E-state index contributed by atoms with van der Waals surface area (Å²) in [7, 11) is 3.95. The molecule has 0 N–H and O–H groups in total. The maximum atomic E-state index is 8.82. The summed E-state index contributed by atoms with van der Waals surface area (Å²) in [6, 6.07) is 12.1. The fraction of sp³-hybridized carbons (Fsp3) is 0.167. The first-order chi connectivity index (χ1) is 10.1. The molecular weight excluding hydrogens is 260 g/mol. The van der Waals surface area contributed by atoms with Crippen molar-refractivity contribution in [3.8, 4) is 6.07 Å². The van der Waals surface area contributed by atoms with E-state index < -0.39 is 0 Å². The standard InChI is InChI=1S/C18H18N2O/c1-14-11-16(9-10-19)13-18(21-14)17(20(2)3)12-15-7-5-4-6-8-15/h4-9,11-13H,1-3H3. The Kier molecular flexibility index (Phi) is 4.63. The van der Waals surface area contributed by atoms with E-state index in [0.29, 0.717) is 0 Å². The van der Waals surface area contributed by atoms with Crippen molar-refractivity contribution in [3.63, 3.8) is 0 Å². The van der Waals surface area contributed by atoms with E-state index in [0.717, 1.165) is 28.4 Å². The molecule has 1 heterocycles. The number of rotatable bonds is 3. The summed E-state index contributed by atoms with van der Waals surface area (Å²) < 4.78 is 5.82. The first-order valence-electron chi connectivity index (χ1n) is 6.72. The van der Waals surface area contributed by atoms with Crippen LogP contribution in [0.1, 0.15) is 12.5 Å². The minimum absolute atomic E-state index is 0.741. The van der Waals surface area contributed by atoms with Crippen LogP contribution in [0.15, 0.2) is 71.3 Å². The van der Waals surface area contributed by atoms with Gasteiger partial charge >= 0.3 is 0 Å². The van der Waals surface area contributed by atoms with Gasteiger partial charge in [-0.05, 0) is 36.3 Å². The third-order valence-electron chi connectivity index (χ3n) is 3.01. The molecule has 2 rings (SSSR count). The number of ether oxygens (including phenoxy) is 1. The van der Waals surface area contributed by atoms with Gasteiger partial charge in [-0.3, -0.25) is 0 Å². The summed E-state index contributed by atoms with van der Waals surface area (Å²) in [5.41, 5.74) is 2.90. The van der Waals surface area contributed by atoms with Crippen LogP contribution in [0.25, 0.3) is 6.08 Å². The van der Waals surface area contributed by atoms with Gasteiger partial charge < -0.3 is 9.64 Å². The average molecular weight is 278 g/mol. The number of benzene rings is 1. The molecule has 0 spiro atoms. The van der Waals surface area contributed by atoms with Crippen molar-refractivity contribution >= 4 is 6.08 Å². The lowest BCUT2D eigenvalue weighted by Gasteiger charge is -2.23. The Morgan fingerprint density at radius 3 is 2.52 bits per heavy atom. The Labute approximate surface area is 125 Å². The van der Waals surface area contributed by atoms with Crippen molar-refractivity contribution in [2.24, 2.45) is 0 Å². The lowest BCUT2D eigenvalue weighted by molar-refractivity contribution is 0.290. The fourth-order valence-corrected chi connectivity index (χ4v) is 2.07. The fourth-order valence-electron chi connectivity index (χ4n) is 2.07. The molecule has 0 fully saturated rings. The zero-order chi connectivity index (χ0) is 15.2. The molecule has 0 unspecified atom stereocenters. The van der Waals surface area contributed by atoms with E-state index in [1.165, 1.54) is 6.08 Å². The Bertz CT molecular complexity index is 671. The molecule has 0 saturated heterocycles. The van der Waals surface area contributed by atoms with Gasteiger partial charge in [-0.2, -0.15) is 5.26 Å². The first kappa shape index (κ1) is 14.7. The Balaban J connectivity index is 2.43. The molecule has 0 amide bonds. The number of nitrogens with zero attached hydrogens (tertiary/aromatic N) is 2. The van der Waals surface area contributed by atoms with E-state index in [4.69, 9.17) is 10.00 Å². The van der Waals surface area contributed by atoms with Gasteiger partial charge in [-0.25, -0.2) is 0 Å². The van der Waals surface area contributed by atoms with E-state index in [-0.39, 0.29) is 0 Å². The van der Waals surface area contributed by atoms with E-state index in [2.05, 4.69) is 12.1 Å². The van der Waals surface area contributed by atoms with Gasteiger partial charge in [-0.1, -0.05) is 30.3 Å². The van der Waals surface area contributed by atoms with Gasteiger partial charge in [0, 0.05) is 20.2 Å². The minimum Gasteiger partial charge on any atom is -0.460 e. The number of nitriles is 1. The molecule has 3 nitrogen and oxygen atoms in total. The van der Waals surface area contributed by atoms with Gasteiger partial charge in [0.05, 0.1) is 11.8 Å². The van der Waals surface area contributed by atoms with Crippen LogP contribution in [0.4, 0.5) is 0 Å². The minimum atomic E-state index is 0.741. The van der Waals surface area contributed by atoms with Crippen LogP contribution in [0.5, 0.6) is 0 Å². The molecule has 106 valence electrons. The van der Waals surface area contributed by atoms with Crippen LogP contribution in [0.2, 0.25) is 0 Å². The maximum Gasteiger partial charge on any atom is 0.150 e. The smallest absolute Gasteiger partial charge is 0.150 e. The molecule has 1 aliphatic rings. The second-order valence-electron chi connectivity index (χ2n) is 4.97. The topological polar surface area (TPSA) is 36.3 Å². The van der Waals surface area contributed by atoms with Gasteiger partial charge in [0.15, 0.2) is 5.76 Å². The van der Waals surface area contributed by atoms with Crippen molar-refractivity contribution < 1.29 is 4.74 Å². The number of hydrogen-bond acceptors (Lipinski definition) is 3. The van der Waals surface area contributed by atoms with Crippen molar-refractivity contribution in [1.29, 1.82) is 5.26 Å². The van der Waals surface area contributed by atoms with E-state index in [9.17, 15) is 0 Å². The summed E-state index contributed by atoms with van der Waals surface area (Å²) in [4.78, 5) is 2.00. The Hall–Kier alpha value is -2.73. The largest absolute Gasteiger partial charge is 0.460 e. The molecule has 0 aliphatic carbocycles. The van der Waals surface area contributed by atoms with Crippen molar-refractivity contribution in [1.82, 2.24) is 4.90 Å². The van der Waals surface area contributed by atoms with Crippen molar-refractivity contribution in [2.75, 3.05) is 14.1 Å². The van der Waals surface area contributed by atoms with Crippen LogP contribution >= 0.6 is 0 Å². The summed E-state index contributed by atoms with van der Waals surface area (Å²) in [6.07, 6.45) is 7.31. The zero-order valence-corrected chi connectivity index (χ0v) is 12.5. The molecule has 1 aromatic carbocycles. The second-order valence-corrected chi connectivity index (χ2v) is 4.97. The molecule has 0 bridgehead atoms. The molecule has 0 atom stereocenters. The highest BCUT2D eigenvalue weighted by atomic mass is 16.5. The number of hydrogen-bond donors (Lipinski definition) is 0. The third-order valence-corrected chi connectivity index (χ3v) is 3.01. The highest BCUT2D eigenvalue weighted by Crippen LogP contribution is 2.26. The number of likely N-dealkylation sites (N-methyl/N-ethyl adjacent to an activating group) is 1. The highest BCUT2D eigenvalue weighted by molar-refractivity contribution is 5.58. The summed E-state index contributed by atoms with van der Waals surface area (Å²) in [5, 5.41) is 8.82. The monoisotopic (exact) mass is 278 g/mol. The van der Waals surface area contributed by atoms with Crippen LogP contribution in [-0.2, 0) is 4.74 Å². The van der Waals surface area contributed by atoms with Gasteiger partial charge in [0.1, 0.15) is 5.76 Å². The van der Waals surface area contributed by atoms with Gasteiger partial charge in [0.2, 0.25) is 0 Å². The predicted molar refractivity (Wildman–Crippen MR) is 84.7 cm³/mol. The Morgan fingerprint density at radius 1 is 1.19 bits per heavy atom. The molecule has 3 heteroatoms.